The van der Waals surface area contributed by atoms with Crippen molar-refractivity contribution in [2.45, 2.75) is 431 Å². The largest absolute Gasteiger partial charge is 0.472 e. The predicted molar refractivity (Wildman–Crippen MR) is 383 cm³/mol. The Hall–Kier alpha value is -1.02. The van der Waals surface area contributed by atoms with Gasteiger partial charge in [0.2, 0.25) is 5.91 Å². The van der Waals surface area contributed by atoms with Crippen LogP contribution < -0.4 is 5.32 Å². The Morgan fingerprint density at radius 2 is 0.632 bits per heavy atom. The average molecular weight is 1250 g/mol. The summed E-state index contributed by atoms with van der Waals surface area (Å²) in [5.41, 5.74) is 0. The molecule has 0 aromatic rings. The zero-order chi connectivity index (χ0) is 63.4. The molecule has 3 N–H and O–H groups in total. The number of phosphoric acid groups is 1. The summed E-state index contributed by atoms with van der Waals surface area (Å²) in [5.74, 6) is -0.176. The van der Waals surface area contributed by atoms with E-state index in [0.717, 1.165) is 38.5 Å². The molecule has 0 aliphatic heterocycles. The number of quaternary nitrogens is 1. The van der Waals surface area contributed by atoms with Gasteiger partial charge in [-0.25, -0.2) is 4.57 Å². The van der Waals surface area contributed by atoms with E-state index in [1.165, 1.54) is 360 Å². The number of likely N-dealkylation sites (N-methyl/N-ethyl adjacent to an activating group) is 1. The molecule has 9 heteroatoms. The quantitative estimate of drug-likeness (QED) is 0.0243. The lowest BCUT2D eigenvalue weighted by atomic mass is 10.0. The first-order valence-corrected chi connectivity index (χ1v) is 40.7. The molecule has 0 aromatic carbocycles. The molecule has 0 saturated heterocycles. The highest BCUT2D eigenvalue weighted by atomic mass is 31.2. The van der Waals surface area contributed by atoms with Gasteiger partial charge in [-0.3, -0.25) is 13.8 Å². The van der Waals surface area contributed by atoms with Gasteiger partial charge < -0.3 is 19.8 Å². The molecule has 0 aliphatic carbocycles. The minimum absolute atomic E-state index is 0.0592. The normalized spacial score (nSPS) is 13.6. The molecular formula is C78H156N2O6P+. The number of amides is 1. The smallest absolute Gasteiger partial charge is 0.387 e. The predicted octanol–water partition coefficient (Wildman–Crippen LogP) is 25.4. The molecule has 0 heterocycles. The van der Waals surface area contributed by atoms with Crippen LogP contribution in [0.15, 0.2) is 24.3 Å². The molecular weight excluding hydrogens is 1090 g/mol. The lowest BCUT2D eigenvalue weighted by Crippen LogP contribution is -2.45. The van der Waals surface area contributed by atoms with E-state index in [-0.39, 0.29) is 19.1 Å². The van der Waals surface area contributed by atoms with Crippen LogP contribution in [0, 0.1) is 0 Å². The van der Waals surface area contributed by atoms with Crippen LogP contribution in [0.2, 0.25) is 0 Å². The van der Waals surface area contributed by atoms with Crippen LogP contribution >= 0.6 is 7.82 Å². The molecule has 0 aromatic heterocycles. The number of nitrogens with one attached hydrogen (secondary N) is 1. The van der Waals surface area contributed by atoms with E-state index in [2.05, 4.69) is 31.3 Å². The fourth-order valence-corrected chi connectivity index (χ4v) is 13.1. The van der Waals surface area contributed by atoms with Crippen molar-refractivity contribution < 1.29 is 32.9 Å². The number of nitrogens with zero attached hydrogens (tertiary/aromatic N) is 1. The van der Waals surface area contributed by atoms with Gasteiger partial charge in [0.25, 0.3) is 0 Å². The van der Waals surface area contributed by atoms with Crippen molar-refractivity contribution in [2.75, 3.05) is 40.9 Å². The van der Waals surface area contributed by atoms with Crippen LogP contribution in [0.5, 0.6) is 0 Å². The first-order chi connectivity index (χ1) is 42.5. The van der Waals surface area contributed by atoms with Gasteiger partial charge in [-0.15, -0.1) is 0 Å². The van der Waals surface area contributed by atoms with Gasteiger partial charge in [0.1, 0.15) is 13.2 Å². The maximum atomic E-state index is 13.1. The highest BCUT2D eigenvalue weighted by molar-refractivity contribution is 7.47. The molecule has 0 spiro atoms. The third-order valence-electron chi connectivity index (χ3n) is 18.4. The maximum Gasteiger partial charge on any atom is 0.472 e. The number of unbranched alkanes of at least 4 members (excludes halogenated alkanes) is 59. The Kier molecular flexibility index (Phi) is 68.5. The topological polar surface area (TPSA) is 105 Å². The molecule has 0 radical (unpaired) electrons. The summed E-state index contributed by atoms with van der Waals surface area (Å²) < 4.78 is 23.9. The van der Waals surface area contributed by atoms with Crippen LogP contribution in [0.4, 0.5) is 0 Å². The van der Waals surface area contributed by atoms with E-state index in [9.17, 15) is 19.4 Å². The number of hydrogen-bond donors (Lipinski definition) is 3. The summed E-state index contributed by atoms with van der Waals surface area (Å²) in [6.45, 7) is 4.87. The van der Waals surface area contributed by atoms with E-state index in [0.29, 0.717) is 17.4 Å². The van der Waals surface area contributed by atoms with Crippen molar-refractivity contribution in [3.63, 3.8) is 0 Å². The number of aliphatic hydroxyl groups excluding tert-OH is 1. The molecule has 8 nitrogen and oxygen atoms in total. The van der Waals surface area contributed by atoms with Gasteiger partial charge in [0.15, 0.2) is 0 Å². The van der Waals surface area contributed by atoms with E-state index in [1.54, 1.807) is 6.08 Å². The second-order valence-electron chi connectivity index (χ2n) is 28.4. The molecule has 3 unspecified atom stereocenters. The van der Waals surface area contributed by atoms with Crippen molar-refractivity contribution >= 4 is 13.7 Å². The third-order valence-corrected chi connectivity index (χ3v) is 19.4. The molecule has 1 amide bonds. The van der Waals surface area contributed by atoms with Gasteiger partial charge in [-0.05, 0) is 32.1 Å². The zero-order valence-electron chi connectivity index (χ0n) is 59.6. The van der Waals surface area contributed by atoms with Crippen LogP contribution in [-0.2, 0) is 18.4 Å². The Morgan fingerprint density at radius 3 is 0.920 bits per heavy atom. The van der Waals surface area contributed by atoms with Crippen LogP contribution in [0.1, 0.15) is 418 Å². The fraction of sp³-hybridized carbons (Fsp3) is 0.936. The molecule has 0 bridgehead atoms. The minimum atomic E-state index is -4.36. The van der Waals surface area contributed by atoms with E-state index in [1.807, 2.05) is 27.2 Å². The van der Waals surface area contributed by atoms with Gasteiger partial charge in [0.05, 0.1) is 39.9 Å². The summed E-state index contributed by atoms with van der Waals surface area (Å²) in [4.78, 5) is 23.5. The summed E-state index contributed by atoms with van der Waals surface area (Å²) >= 11 is 0. The first-order valence-electron chi connectivity index (χ1n) is 39.2. The van der Waals surface area contributed by atoms with Crippen molar-refractivity contribution in [3.8, 4) is 0 Å². The molecule has 0 fully saturated rings. The minimum Gasteiger partial charge on any atom is -0.387 e. The van der Waals surface area contributed by atoms with Crippen molar-refractivity contribution in [3.05, 3.63) is 24.3 Å². The number of phosphoric ester groups is 1. The summed E-state index contributed by atoms with van der Waals surface area (Å²) in [5, 5.41) is 14.0. The third kappa shape index (κ3) is 72.3. The van der Waals surface area contributed by atoms with Crippen molar-refractivity contribution in [2.24, 2.45) is 0 Å². The van der Waals surface area contributed by atoms with Crippen molar-refractivity contribution in [1.82, 2.24) is 5.32 Å². The average Bonchev–Trinajstić information content (AvgIpc) is 3.70. The number of carbonyl (C=O) groups is 1. The Balaban J connectivity index is 3.98. The highest BCUT2D eigenvalue weighted by Crippen LogP contribution is 2.43. The molecule has 87 heavy (non-hydrogen) atoms. The first kappa shape index (κ1) is 86.0. The Morgan fingerprint density at radius 1 is 0.379 bits per heavy atom. The fourth-order valence-electron chi connectivity index (χ4n) is 12.4. The van der Waals surface area contributed by atoms with Gasteiger partial charge in [-0.1, -0.05) is 404 Å². The summed E-state index contributed by atoms with van der Waals surface area (Å²) in [6.07, 6.45) is 92.4. The molecule has 0 rings (SSSR count). The van der Waals surface area contributed by atoms with Crippen LogP contribution in [-0.4, -0.2) is 73.4 Å². The van der Waals surface area contributed by atoms with Crippen molar-refractivity contribution in [1.29, 1.82) is 0 Å². The highest BCUT2D eigenvalue weighted by Gasteiger charge is 2.28. The summed E-state index contributed by atoms with van der Waals surface area (Å²) in [7, 11) is 1.58. The zero-order valence-corrected chi connectivity index (χ0v) is 60.4. The molecule has 3 atom stereocenters. The Labute approximate surface area is 545 Å². The van der Waals surface area contributed by atoms with Gasteiger partial charge >= 0.3 is 7.82 Å². The second kappa shape index (κ2) is 69.3. The monoisotopic (exact) mass is 1250 g/mol. The standard InChI is InChI=1S/C78H155N2O6P/c1-6-8-10-12-14-16-18-20-22-24-26-28-30-32-34-36-38-39-40-42-44-46-48-50-52-54-56-58-60-62-64-66-68-70-72-78(82)79-76(75-86-87(83,84)85-74-73-80(3,4)5)77(81)71-69-67-65-63-61-59-57-55-53-51-49-47-45-43-41-37-35-33-31-29-27-25-23-21-19-17-15-13-11-9-7-2/h61,63,69,71,76-77,81H,6-60,62,64-68,70,72-75H2,1-5H3,(H-,79,82,83,84)/p+1/b63-61+,71-69+. The maximum absolute atomic E-state index is 13.1. The molecule has 518 valence electrons. The lowest BCUT2D eigenvalue weighted by Gasteiger charge is -2.25. The van der Waals surface area contributed by atoms with E-state index < -0.39 is 20.0 Å². The van der Waals surface area contributed by atoms with E-state index >= 15 is 0 Å². The van der Waals surface area contributed by atoms with Crippen LogP contribution in [0.25, 0.3) is 0 Å². The van der Waals surface area contributed by atoms with Gasteiger partial charge in [-0.2, -0.15) is 0 Å². The van der Waals surface area contributed by atoms with E-state index in [4.69, 9.17) is 9.05 Å². The SMILES string of the molecule is CCCCCCCCCCCCCCCCCCCCCCCCCCC/C=C/CC/C=C/C(O)C(COP(=O)(O)OCC[N+](C)(C)C)NC(=O)CCCCCCCCCCCCCCCCCCCCCCCCCCCCCCCCCCCC. The van der Waals surface area contributed by atoms with Gasteiger partial charge in [0, 0.05) is 6.42 Å². The number of aliphatic hydroxyl groups is 1. The molecule has 0 saturated carbocycles. The Bertz CT molecular complexity index is 1470. The molecule has 0 aliphatic rings. The van der Waals surface area contributed by atoms with Crippen LogP contribution in [0.3, 0.4) is 0 Å². The number of allylic oxidation sites excluding steroid dienone is 3. The lowest BCUT2D eigenvalue weighted by molar-refractivity contribution is -0.870. The summed E-state index contributed by atoms with van der Waals surface area (Å²) in [6, 6.07) is -0.863. The number of rotatable bonds is 74. The number of hydrogen-bond acceptors (Lipinski definition) is 5. The second-order valence-corrected chi connectivity index (χ2v) is 29.9. The number of carbonyl (C=O) groups excluding carboxylic acids is 1.